The summed E-state index contributed by atoms with van der Waals surface area (Å²) in [6.45, 7) is 3.57. The average Bonchev–Trinajstić information content (AvgIpc) is 2.61. The minimum atomic E-state index is -0.209. The molecular formula is C12H16FN3. The van der Waals surface area contributed by atoms with Crippen molar-refractivity contribution >= 4 is 5.96 Å². The van der Waals surface area contributed by atoms with E-state index in [1.54, 1.807) is 12.1 Å². The molecule has 1 aromatic rings. The van der Waals surface area contributed by atoms with Crippen molar-refractivity contribution in [1.29, 1.82) is 0 Å². The zero-order chi connectivity index (χ0) is 11.5. The van der Waals surface area contributed by atoms with E-state index in [9.17, 15) is 4.39 Å². The highest BCUT2D eigenvalue weighted by molar-refractivity contribution is 5.80. The second-order valence-corrected chi connectivity index (χ2v) is 3.96. The van der Waals surface area contributed by atoms with Crippen LogP contribution in [0.5, 0.6) is 0 Å². The Morgan fingerprint density at radius 3 is 3.06 bits per heavy atom. The van der Waals surface area contributed by atoms with Gasteiger partial charge in [0.25, 0.3) is 0 Å². The fourth-order valence-electron chi connectivity index (χ4n) is 2.04. The standard InChI is InChI=1S/C12H16FN3/c1-2-6-16-11(8-15-12(16)14)9-4-3-5-10(13)7-9/h3-5,7,11H,2,6,8H2,1H3,(H2,14,15). The summed E-state index contributed by atoms with van der Waals surface area (Å²) in [5.41, 5.74) is 6.76. The van der Waals surface area contributed by atoms with Gasteiger partial charge in [0.2, 0.25) is 0 Å². The molecule has 4 heteroatoms. The number of nitrogens with two attached hydrogens (primary N) is 1. The van der Waals surface area contributed by atoms with Crippen molar-refractivity contribution in [2.45, 2.75) is 19.4 Å². The molecule has 0 fully saturated rings. The van der Waals surface area contributed by atoms with Gasteiger partial charge in [-0.15, -0.1) is 0 Å². The van der Waals surface area contributed by atoms with Gasteiger partial charge in [-0.25, -0.2) is 4.39 Å². The molecule has 1 aliphatic rings. The lowest BCUT2D eigenvalue weighted by Crippen LogP contribution is -2.36. The predicted octanol–water partition coefficient (Wildman–Crippen LogP) is 1.91. The van der Waals surface area contributed by atoms with E-state index in [1.165, 1.54) is 6.07 Å². The Bertz CT molecular complexity index is 403. The molecule has 0 bridgehead atoms. The Labute approximate surface area is 94.8 Å². The molecule has 2 rings (SSSR count). The minimum Gasteiger partial charge on any atom is -0.370 e. The van der Waals surface area contributed by atoms with Gasteiger partial charge in [0.1, 0.15) is 5.82 Å². The Morgan fingerprint density at radius 2 is 2.38 bits per heavy atom. The minimum absolute atomic E-state index is 0.0932. The first-order chi connectivity index (χ1) is 7.72. The number of nitrogens with zero attached hydrogens (tertiary/aromatic N) is 2. The lowest BCUT2D eigenvalue weighted by molar-refractivity contribution is 0.346. The molecule has 1 heterocycles. The average molecular weight is 221 g/mol. The van der Waals surface area contributed by atoms with Gasteiger partial charge in [-0.05, 0) is 24.1 Å². The molecule has 3 nitrogen and oxygen atoms in total. The van der Waals surface area contributed by atoms with Crippen LogP contribution in [0.3, 0.4) is 0 Å². The van der Waals surface area contributed by atoms with Gasteiger partial charge in [0.15, 0.2) is 5.96 Å². The Balaban J connectivity index is 2.22. The van der Waals surface area contributed by atoms with Crippen LogP contribution >= 0.6 is 0 Å². The number of rotatable bonds is 3. The van der Waals surface area contributed by atoms with Crippen LogP contribution in [0.4, 0.5) is 4.39 Å². The molecule has 0 aromatic heterocycles. The van der Waals surface area contributed by atoms with E-state index in [0.29, 0.717) is 12.5 Å². The van der Waals surface area contributed by atoms with Crippen LogP contribution in [0.15, 0.2) is 29.3 Å². The van der Waals surface area contributed by atoms with Crippen LogP contribution in [-0.4, -0.2) is 23.9 Å². The maximum absolute atomic E-state index is 13.1. The second-order valence-electron chi connectivity index (χ2n) is 3.96. The summed E-state index contributed by atoms with van der Waals surface area (Å²) in [4.78, 5) is 6.26. The van der Waals surface area contributed by atoms with Crippen LogP contribution in [0.1, 0.15) is 24.9 Å². The number of benzene rings is 1. The summed E-state index contributed by atoms with van der Waals surface area (Å²) in [6.07, 6.45) is 1.00. The fourth-order valence-corrected chi connectivity index (χ4v) is 2.04. The molecule has 1 aromatic carbocycles. The van der Waals surface area contributed by atoms with Gasteiger partial charge in [-0.3, -0.25) is 4.99 Å². The zero-order valence-electron chi connectivity index (χ0n) is 9.36. The molecule has 1 unspecified atom stereocenters. The van der Waals surface area contributed by atoms with Gasteiger partial charge in [-0.2, -0.15) is 0 Å². The van der Waals surface area contributed by atoms with Crippen molar-refractivity contribution in [2.24, 2.45) is 10.7 Å². The number of guanidine groups is 1. The van der Waals surface area contributed by atoms with Crippen LogP contribution in [0.2, 0.25) is 0 Å². The molecule has 0 amide bonds. The molecular weight excluding hydrogens is 205 g/mol. The summed E-state index contributed by atoms with van der Waals surface area (Å²) in [5, 5.41) is 0. The van der Waals surface area contributed by atoms with E-state index in [0.717, 1.165) is 18.5 Å². The molecule has 0 saturated carbocycles. The highest BCUT2D eigenvalue weighted by atomic mass is 19.1. The van der Waals surface area contributed by atoms with E-state index in [2.05, 4.69) is 11.9 Å². The first-order valence-electron chi connectivity index (χ1n) is 5.54. The maximum atomic E-state index is 13.1. The smallest absolute Gasteiger partial charge is 0.191 e. The number of hydrogen-bond donors (Lipinski definition) is 1. The molecule has 86 valence electrons. The Kier molecular flexibility index (Phi) is 3.08. The van der Waals surface area contributed by atoms with Crippen molar-refractivity contribution in [3.8, 4) is 0 Å². The molecule has 0 saturated heterocycles. The molecule has 2 N–H and O–H groups in total. The summed E-state index contributed by atoms with van der Waals surface area (Å²) in [7, 11) is 0. The maximum Gasteiger partial charge on any atom is 0.191 e. The third-order valence-corrected chi connectivity index (χ3v) is 2.79. The fraction of sp³-hybridized carbons (Fsp3) is 0.417. The van der Waals surface area contributed by atoms with Crippen LogP contribution in [0, 0.1) is 5.82 Å². The molecule has 1 aliphatic heterocycles. The van der Waals surface area contributed by atoms with Crippen LogP contribution in [0.25, 0.3) is 0 Å². The zero-order valence-corrected chi connectivity index (χ0v) is 9.36. The van der Waals surface area contributed by atoms with E-state index < -0.39 is 0 Å². The third-order valence-electron chi connectivity index (χ3n) is 2.79. The monoisotopic (exact) mass is 221 g/mol. The normalized spacial score (nSPS) is 20.0. The summed E-state index contributed by atoms with van der Waals surface area (Å²) in [5.74, 6) is 0.357. The highest BCUT2D eigenvalue weighted by Gasteiger charge is 2.26. The van der Waals surface area contributed by atoms with Crippen molar-refractivity contribution < 1.29 is 4.39 Å². The number of halogens is 1. The van der Waals surface area contributed by atoms with Crippen LogP contribution in [-0.2, 0) is 0 Å². The van der Waals surface area contributed by atoms with Crippen molar-refractivity contribution in [1.82, 2.24) is 4.90 Å². The lowest BCUT2D eigenvalue weighted by atomic mass is 10.1. The third kappa shape index (κ3) is 2.01. The van der Waals surface area contributed by atoms with Crippen LogP contribution < -0.4 is 5.73 Å². The van der Waals surface area contributed by atoms with Crippen molar-refractivity contribution in [3.63, 3.8) is 0 Å². The second kappa shape index (κ2) is 4.51. The van der Waals surface area contributed by atoms with Gasteiger partial charge in [0.05, 0.1) is 12.6 Å². The molecule has 0 radical (unpaired) electrons. The molecule has 0 spiro atoms. The largest absolute Gasteiger partial charge is 0.370 e. The summed E-state index contributed by atoms with van der Waals surface area (Å²) in [6, 6.07) is 6.75. The van der Waals surface area contributed by atoms with E-state index >= 15 is 0 Å². The van der Waals surface area contributed by atoms with Gasteiger partial charge < -0.3 is 10.6 Å². The Morgan fingerprint density at radius 1 is 1.56 bits per heavy atom. The predicted molar refractivity (Wildman–Crippen MR) is 62.6 cm³/mol. The first kappa shape index (κ1) is 10.9. The molecule has 16 heavy (non-hydrogen) atoms. The SMILES string of the molecule is CCCN1C(N)=NCC1c1cccc(F)c1. The van der Waals surface area contributed by atoms with Crippen molar-refractivity contribution in [3.05, 3.63) is 35.6 Å². The highest BCUT2D eigenvalue weighted by Crippen LogP contribution is 2.25. The summed E-state index contributed by atoms with van der Waals surface area (Å²) < 4.78 is 13.1. The summed E-state index contributed by atoms with van der Waals surface area (Å²) >= 11 is 0. The lowest BCUT2D eigenvalue weighted by Gasteiger charge is -2.26. The molecule has 1 atom stereocenters. The first-order valence-corrected chi connectivity index (χ1v) is 5.54. The quantitative estimate of drug-likeness (QED) is 0.847. The van der Waals surface area contributed by atoms with E-state index in [-0.39, 0.29) is 11.9 Å². The van der Waals surface area contributed by atoms with E-state index in [4.69, 9.17) is 5.73 Å². The van der Waals surface area contributed by atoms with Crippen molar-refractivity contribution in [2.75, 3.05) is 13.1 Å². The topological polar surface area (TPSA) is 41.6 Å². The van der Waals surface area contributed by atoms with E-state index in [1.807, 2.05) is 11.0 Å². The van der Waals surface area contributed by atoms with Gasteiger partial charge >= 0.3 is 0 Å². The van der Waals surface area contributed by atoms with Gasteiger partial charge in [-0.1, -0.05) is 19.1 Å². The number of aliphatic imine (C=N–C) groups is 1. The number of hydrogen-bond acceptors (Lipinski definition) is 3. The molecule has 0 aliphatic carbocycles. The Hall–Kier alpha value is -1.58. The van der Waals surface area contributed by atoms with Gasteiger partial charge in [0, 0.05) is 6.54 Å².